The van der Waals surface area contributed by atoms with Crippen LogP contribution in [0.3, 0.4) is 0 Å². The van der Waals surface area contributed by atoms with Crippen LogP contribution in [0.5, 0.6) is 5.75 Å². The fourth-order valence-corrected chi connectivity index (χ4v) is 5.14. The second-order valence-corrected chi connectivity index (χ2v) is 9.54. The van der Waals surface area contributed by atoms with E-state index < -0.39 is 34.4 Å². The Labute approximate surface area is 199 Å². The van der Waals surface area contributed by atoms with Crippen molar-refractivity contribution in [1.82, 2.24) is 10.0 Å². The molecule has 0 fully saturated rings. The molecular formula is C24H30N2O7S. The summed E-state index contributed by atoms with van der Waals surface area (Å²) >= 11 is 0. The van der Waals surface area contributed by atoms with E-state index in [4.69, 9.17) is 9.47 Å². The van der Waals surface area contributed by atoms with Gasteiger partial charge in [-0.05, 0) is 74.6 Å². The van der Waals surface area contributed by atoms with E-state index in [0.29, 0.717) is 16.9 Å². The summed E-state index contributed by atoms with van der Waals surface area (Å²) in [5, 5.41) is 2.11. The summed E-state index contributed by atoms with van der Waals surface area (Å²) in [6, 6.07) is 6.35. The summed E-state index contributed by atoms with van der Waals surface area (Å²) in [6.07, 6.45) is -0.283. The predicted octanol–water partition coefficient (Wildman–Crippen LogP) is 2.41. The summed E-state index contributed by atoms with van der Waals surface area (Å²) < 4.78 is 38.1. The van der Waals surface area contributed by atoms with E-state index in [-0.39, 0.29) is 23.4 Å². The number of para-hydroxylation sites is 1. The van der Waals surface area contributed by atoms with E-state index in [0.717, 1.165) is 16.7 Å². The van der Waals surface area contributed by atoms with E-state index in [1.54, 1.807) is 32.0 Å². The Bertz CT molecular complexity index is 1190. The first-order chi connectivity index (χ1) is 15.9. The molecule has 0 aliphatic carbocycles. The lowest BCUT2D eigenvalue weighted by atomic mass is 9.95. The molecule has 2 aromatic carbocycles. The van der Waals surface area contributed by atoms with E-state index >= 15 is 0 Å². The Morgan fingerprint density at radius 3 is 2.03 bits per heavy atom. The molecule has 0 unspecified atom stereocenters. The number of rotatable bonds is 9. The molecule has 9 nitrogen and oxygen atoms in total. The summed E-state index contributed by atoms with van der Waals surface area (Å²) in [4.78, 5) is 36.3. The van der Waals surface area contributed by atoms with Crippen molar-refractivity contribution >= 4 is 27.8 Å². The van der Waals surface area contributed by atoms with Crippen molar-refractivity contribution in [2.75, 3.05) is 20.3 Å². The molecule has 2 N–H and O–H groups in total. The molecule has 0 aliphatic heterocycles. The number of sulfonamides is 1. The van der Waals surface area contributed by atoms with Crippen LogP contribution in [0.1, 0.15) is 44.6 Å². The molecule has 2 aromatic rings. The number of nitrogens with one attached hydrogen (secondary N) is 2. The largest absolute Gasteiger partial charge is 0.496 e. The van der Waals surface area contributed by atoms with Gasteiger partial charge in [-0.1, -0.05) is 12.1 Å². The number of amides is 2. The van der Waals surface area contributed by atoms with Crippen LogP contribution in [0.25, 0.3) is 0 Å². The first-order valence-corrected chi connectivity index (χ1v) is 12.1. The SMILES string of the molecule is COc1ccccc1C(=O)NC(=O)COC(=O)CCNS(=O)(=O)c1c(C)c(C)c(C)c(C)c1C. The zero-order valence-electron chi connectivity index (χ0n) is 20.2. The smallest absolute Gasteiger partial charge is 0.307 e. The van der Waals surface area contributed by atoms with Gasteiger partial charge < -0.3 is 9.47 Å². The van der Waals surface area contributed by atoms with E-state index in [1.165, 1.54) is 13.2 Å². The number of hydrogen-bond acceptors (Lipinski definition) is 7. The molecule has 0 heterocycles. The second kappa shape index (κ2) is 11.3. The van der Waals surface area contributed by atoms with Crippen LogP contribution < -0.4 is 14.8 Å². The third-order valence-electron chi connectivity index (χ3n) is 5.79. The van der Waals surface area contributed by atoms with Crippen LogP contribution in [0.2, 0.25) is 0 Å². The minimum atomic E-state index is -3.86. The Balaban J connectivity index is 1.89. The monoisotopic (exact) mass is 490 g/mol. The van der Waals surface area contributed by atoms with Gasteiger partial charge in [0, 0.05) is 6.54 Å². The maximum atomic E-state index is 12.9. The third kappa shape index (κ3) is 6.21. The molecule has 34 heavy (non-hydrogen) atoms. The highest BCUT2D eigenvalue weighted by molar-refractivity contribution is 7.89. The predicted molar refractivity (Wildman–Crippen MR) is 126 cm³/mol. The van der Waals surface area contributed by atoms with Crippen LogP contribution in [-0.2, 0) is 24.3 Å². The van der Waals surface area contributed by atoms with Gasteiger partial charge in [0.1, 0.15) is 5.75 Å². The zero-order valence-corrected chi connectivity index (χ0v) is 21.0. The molecule has 0 aromatic heterocycles. The average Bonchev–Trinajstić information content (AvgIpc) is 2.79. The number of ether oxygens (including phenoxy) is 2. The molecule has 2 rings (SSSR count). The van der Waals surface area contributed by atoms with Gasteiger partial charge in [-0.3, -0.25) is 19.7 Å². The number of imide groups is 1. The highest BCUT2D eigenvalue weighted by atomic mass is 32.2. The van der Waals surface area contributed by atoms with Crippen molar-refractivity contribution in [3.63, 3.8) is 0 Å². The molecule has 10 heteroatoms. The molecular weight excluding hydrogens is 460 g/mol. The standard InChI is InChI=1S/C24H30N2O7S/c1-14-15(2)17(4)23(18(5)16(14)3)34(30,31)25-12-11-22(28)33-13-21(27)26-24(29)19-9-7-8-10-20(19)32-6/h7-10,25H,11-13H2,1-6H3,(H,26,27,29). The molecule has 0 atom stereocenters. The van der Waals surface area contributed by atoms with Crippen LogP contribution >= 0.6 is 0 Å². The summed E-state index contributed by atoms with van der Waals surface area (Å²) in [5.41, 5.74) is 4.32. The molecule has 0 spiro atoms. The summed E-state index contributed by atoms with van der Waals surface area (Å²) in [6.45, 7) is 8.32. The fraction of sp³-hybridized carbons (Fsp3) is 0.375. The number of hydrogen-bond donors (Lipinski definition) is 2. The number of carbonyl (C=O) groups is 3. The lowest BCUT2D eigenvalue weighted by Gasteiger charge is -2.19. The van der Waals surface area contributed by atoms with Crippen molar-refractivity contribution < 1.29 is 32.3 Å². The minimum absolute atomic E-state index is 0.159. The molecule has 0 bridgehead atoms. The van der Waals surface area contributed by atoms with Gasteiger partial charge in [0.05, 0.1) is 24.0 Å². The third-order valence-corrected chi connectivity index (χ3v) is 7.52. The molecule has 184 valence electrons. The van der Waals surface area contributed by atoms with Gasteiger partial charge in [-0.25, -0.2) is 13.1 Å². The average molecular weight is 491 g/mol. The van der Waals surface area contributed by atoms with Gasteiger partial charge in [0.2, 0.25) is 10.0 Å². The quantitative estimate of drug-likeness (QED) is 0.517. The highest BCUT2D eigenvalue weighted by Crippen LogP contribution is 2.29. The van der Waals surface area contributed by atoms with Crippen LogP contribution in [-0.4, -0.2) is 46.5 Å². The van der Waals surface area contributed by atoms with Crippen molar-refractivity contribution in [3.05, 3.63) is 57.6 Å². The molecule has 0 radical (unpaired) electrons. The Hall–Kier alpha value is -3.24. The summed E-state index contributed by atoms with van der Waals surface area (Å²) in [5.74, 6) is -2.00. The second-order valence-electron chi connectivity index (χ2n) is 7.84. The van der Waals surface area contributed by atoms with Gasteiger partial charge in [-0.15, -0.1) is 0 Å². The lowest BCUT2D eigenvalue weighted by molar-refractivity contribution is -0.148. The Morgan fingerprint density at radius 1 is 0.882 bits per heavy atom. The lowest BCUT2D eigenvalue weighted by Crippen LogP contribution is -2.35. The minimum Gasteiger partial charge on any atom is -0.496 e. The van der Waals surface area contributed by atoms with Crippen LogP contribution in [0.4, 0.5) is 0 Å². The first kappa shape index (κ1) is 27.0. The zero-order chi connectivity index (χ0) is 25.6. The highest BCUT2D eigenvalue weighted by Gasteiger charge is 2.24. The van der Waals surface area contributed by atoms with Crippen molar-refractivity contribution in [2.45, 2.75) is 45.9 Å². The van der Waals surface area contributed by atoms with Gasteiger partial charge in [0.15, 0.2) is 6.61 Å². The fourth-order valence-electron chi connectivity index (χ4n) is 3.51. The first-order valence-electron chi connectivity index (χ1n) is 10.6. The maximum absolute atomic E-state index is 12.9. The molecule has 0 aliphatic rings. The summed E-state index contributed by atoms with van der Waals surface area (Å²) in [7, 11) is -2.46. The van der Waals surface area contributed by atoms with Crippen molar-refractivity contribution in [1.29, 1.82) is 0 Å². The van der Waals surface area contributed by atoms with E-state index in [9.17, 15) is 22.8 Å². The number of methoxy groups -OCH3 is 1. The Kier molecular flexibility index (Phi) is 8.94. The Morgan fingerprint density at radius 2 is 1.44 bits per heavy atom. The number of benzene rings is 2. The van der Waals surface area contributed by atoms with E-state index in [2.05, 4.69) is 10.0 Å². The van der Waals surface area contributed by atoms with Crippen LogP contribution in [0.15, 0.2) is 29.2 Å². The van der Waals surface area contributed by atoms with Gasteiger partial charge in [0.25, 0.3) is 11.8 Å². The number of carbonyl (C=O) groups excluding carboxylic acids is 3. The van der Waals surface area contributed by atoms with E-state index in [1.807, 2.05) is 20.8 Å². The van der Waals surface area contributed by atoms with Gasteiger partial charge in [-0.2, -0.15) is 0 Å². The van der Waals surface area contributed by atoms with Gasteiger partial charge >= 0.3 is 5.97 Å². The molecule has 2 amide bonds. The molecule has 0 saturated carbocycles. The normalized spacial score (nSPS) is 11.1. The molecule has 0 saturated heterocycles. The number of esters is 1. The van der Waals surface area contributed by atoms with Crippen molar-refractivity contribution in [2.24, 2.45) is 0 Å². The van der Waals surface area contributed by atoms with Crippen molar-refractivity contribution in [3.8, 4) is 5.75 Å². The van der Waals surface area contributed by atoms with Crippen LogP contribution in [0, 0.1) is 34.6 Å². The topological polar surface area (TPSA) is 128 Å². The maximum Gasteiger partial charge on any atom is 0.307 e.